The van der Waals surface area contributed by atoms with E-state index >= 15 is 0 Å². The summed E-state index contributed by atoms with van der Waals surface area (Å²) < 4.78 is 0. The van der Waals surface area contributed by atoms with Gasteiger partial charge in [-0.2, -0.15) is 11.8 Å². The molecule has 0 spiro atoms. The lowest BCUT2D eigenvalue weighted by molar-refractivity contribution is 0.477. The van der Waals surface area contributed by atoms with E-state index in [-0.39, 0.29) is 0 Å². The topological polar surface area (TPSA) is 12.0 Å². The van der Waals surface area contributed by atoms with Crippen molar-refractivity contribution in [3.05, 3.63) is 35.9 Å². The van der Waals surface area contributed by atoms with Crippen molar-refractivity contribution in [2.45, 2.75) is 44.9 Å². The molecule has 1 aromatic carbocycles. The Kier molecular flexibility index (Phi) is 8.20. The van der Waals surface area contributed by atoms with Crippen LogP contribution in [0.3, 0.4) is 0 Å². The maximum atomic E-state index is 3.53. The minimum absolute atomic E-state index is 0.720. The van der Waals surface area contributed by atoms with Gasteiger partial charge in [0.15, 0.2) is 0 Å². The molecule has 1 nitrogen and oxygen atoms in total. The maximum absolute atomic E-state index is 3.53. The van der Waals surface area contributed by atoms with Crippen LogP contribution in [0, 0.1) is 0 Å². The summed E-state index contributed by atoms with van der Waals surface area (Å²) in [5.74, 6) is 2.43. The smallest absolute Gasteiger partial charge is 0.0184 e. The van der Waals surface area contributed by atoms with Crippen LogP contribution < -0.4 is 5.32 Å². The Labute approximate surface area is 110 Å². The molecule has 0 fully saturated rings. The molecular weight excluding hydrogens is 226 g/mol. The van der Waals surface area contributed by atoms with Crippen molar-refractivity contribution in [3.8, 4) is 0 Å². The fraction of sp³-hybridized carbons (Fsp3) is 0.600. The minimum Gasteiger partial charge on any atom is -0.314 e. The standard InChI is InChI=1S/C15H25NS/c1-3-15(16-4-2)11-8-12-17-13-14-9-6-5-7-10-14/h5-7,9-10,15-16H,3-4,8,11-13H2,1-2H3. The van der Waals surface area contributed by atoms with Gasteiger partial charge in [0.1, 0.15) is 0 Å². The summed E-state index contributed by atoms with van der Waals surface area (Å²) in [5, 5.41) is 3.53. The Hall–Kier alpha value is -0.470. The van der Waals surface area contributed by atoms with Crippen LogP contribution in [0.4, 0.5) is 0 Å². The lowest BCUT2D eigenvalue weighted by Crippen LogP contribution is -2.28. The summed E-state index contributed by atoms with van der Waals surface area (Å²) in [4.78, 5) is 0. The summed E-state index contributed by atoms with van der Waals surface area (Å²) in [6, 6.07) is 11.5. The molecular formula is C15H25NS. The Balaban J connectivity index is 2.04. The van der Waals surface area contributed by atoms with E-state index in [1.807, 2.05) is 11.8 Å². The Morgan fingerprint density at radius 3 is 2.59 bits per heavy atom. The molecule has 0 amide bonds. The zero-order valence-corrected chi connectivity index (χ0v) is 11.9. The van der Waals surface area contributed by atoms with Crippen molar-refractivity contribution in [3.63, 3.8) is 0 Å². The molecule has 17 heavy (non-hydrogen) atoms. The quantitative estimate of drug-likeness (QED) is 0.664. The third-order valence-corrected chi connectivity index (χ3v) is 4.05. The number of thioether (sulfide) groups is 1. The predicted molar refractivity (Wildman–Crippen MR) is 79.6 cm³/mol. The van der Waals surface area contributed by atoms with Crippen molar-refractivity contribution >= 4 is 11.8 Å². The van der Waals surface area contributed by atoms with Crippen LogP contribution in [0.1, 0.15) is 38.7 Å². The molecule has 1 rings (SSSR count). The first-order chi connectivity index (χ1) is 8.36. The first-order valence-corrected chi connectivity index (χ1v) is 7.87. The monoisotopic (exact) mass is 251 g/mol. The van der Waals surface area contributed by atoms with Gasteiger partial charge in [0.2, 0.25) is 0 Å². The molecule has 1 atom stereocenters. The highest BCUT2D eigenvalue weighted by Crippen LogP contribution is 2.14. The second kappa shape index (κ2) is 9.55. The van der Waals surface area contributed by atoms with Gasteiger partial charge >= 0.3 is 0 Å². The lowest BCUT2D eigenvalue weighted by Gasteiger charge is -2.15. The van der Waals surface area contributed by atoms with Gasteiger partial charge in [-0.05, 0) is 37.1 Å². The molecule has 1 unspecified atom stereocenters. The van der Waals surface area contributed by atoms with Crippen LogP contribution in [0.5, 0.6) is 0 Å². The van der Waals surface area contributed by atoms with E-state index in [4.69, 9.17) is 0 Å². The van der Waals surface area contributed by atoms with Gasteiger partial charge < -0.3 is 5.32 Å². The van der Waals surface area contributed by atoms with E-state index in [1.165, 1.54) is 30.6 Å². The van der Waals surface area contributed by atoms with Crippen LogP contribution in [-0.2, 0) is 5.75 Å². The van der Waals surface area contributed by atoms with Gasteiger partial charge in [-0.15, -0.1) is 0 Å². The summed E-state index contributed by atoms with van der Waals surface area (Å²) in [6.07, 6.45) is 3.88. The van der Waals surface area contributed by atoms with Crippen LogP contribution >= 0.6 is 11.8 Å². The molecule has 0 aliphatic rings. The fourth-order valence-corrected chi connectivity index (χ4v) is 2.88. The van der Waals surface area contributed by atoms with Crippen molar-refractivity contribution in [1.29, 1.82) is 0 Å². The van der Waals surface area contributed by atoms with Gasteiger partial charge in [0, 0.05) is 11.8 Å². The molecule has 0 heterocycles. The van der Waals surface area contributed by atoms with E-state index in [0.29, 0.717) is 0 Å². The zero-order chi connectivity index (χ0) is 12.3. The number of hydrogen-bond donors (Lipinski definition) is 1. The van der Waals surface area contributed by atoms with E-state index in [2.05, 4.69) is 49.5 Å². The maximum Gasteiger partial charge on any atom is 0.0184 e. The molecule has 0 aromatic heterocycles. The number of rotatable bonds is 9. The number of nitrogens with one attached hydrogen (secondary N) is 1. The van der Waals surface area contributed by atoms with Crippen LogP contribution in [0.15, 0.2) is 30.3 Å². The predicted octanol–water partition coefficient (Wildman–Crippen LogP) is 4.09. The number of benzene rings is 1. The zero-order valence-electron chi connectivity index (χ0n) is 11.1. The summed E-state index contributed by atoms with van der Waals surface area (Å²) in [6.45, 7) is 5.55. The molecule has 1 N–H and O–H groups in total. The van der Waals surface area contributed by atoms with Crippen molar-refractivity contribution in [2.75, 3.05) is 12.3 Å². The highest BCUT2D eigenvalue weighted by Gasteiger charge is 2.03. The van der Waals surface area contributed by atoms with E-state index in [0.717, 1.165) is 18.3 Å². The highest BCUT2D eigenvalue weighted by molar-refractivity contribution is 7.98. The van der Waals surface area contributed by atoms with E-state index in [9.17, 15) is 0 Å². The molecule has 0 saturated heterocycles. The van der Waals surface area contributed by atoms with Crippen molar-refractivity contribution in [1.82, 2.24) is 5.32 Å². The molecule has 0 aliphatic heterocycles. The van der Waals surface area contributed by atoms with Crippen molar-refractivity contribution in [2.24, 2.45) is 0 Å². The van der Waals surface area contributed by atoms with Gasteiger partial charge in [-0.3, -0.25) is 0 Å². The largest absolute Gasteiger partial charge is 0.314 e. The molecule has 2 heteroatoms. The second-order valence-electron chi connectivity index (χ2n) is 4.34. The lowest BCUT2D eigenvalue weighted by atomic mass is 10.1. The molecule has 0 radical (unpaired) electrons. The second-order valence-corrected chi connectivity index (χ2v) is 5.45. The molecule has 0 bridgehead atoms. The van der Waals surface area contributed by atoms with Crippen LogP contribution in [0.2, 0.25) is 0 Å². The van der Waals surface area contributed by atoms with Gasteiger partial charge in [0.05, 0.1) is 0 Å². The normalized spacial score (nSPS) is 12.6. The van der Waals surface area contributed by atoms with Gasteiger partial charge in [-0.25, -0.2) is 0 Å². The molecule has 0 saturated carbocycles. The first-order valence-electron chi connectivity index (χ1n) is 6.71. The average molecular weight is 251 g/mol. The third kappa shape index (κ3) is 6.75. The van der Waals surface area contributed by atoms with Crippen LogP contribution in [0.25, 0.3) is 0 Å². The van der Waals surface area contributed by atoms with Gasteiger partial charge in [0.25, 0.3) is 0 Å². The third-order valence-electron chi connectivity index (χ3n) is 2.94. The summed E-state index contributed by atoms with van der Waals surface area (Å²) in [7, 11) is 0. The minimum atomic E-state index is 0.720. The first kappa shape index (κ1) is 14.6. The summed E-state index contributed by atoms with van der Waals surface area (Å²) >= 11 is 2.05. The molecule has 0 aliphatic carbocycles. The number of hydrogen-bond acceptors (Lipinski definition) is 2. The SMILES string of the molecule is CCNC(CC)CCCSCc1ccccc1. The fourth-order valence-electron chi connectivity index (χ4n) is 1.94. The van der Waals surface area contributed by atoms with Crippen LogP contribution in [-0.4, -0.2) is 18.3 Å². The van der Waals surface area contributed by atoms with Gasteiger partial charge in [-0.1, -0.05) is 44.2 Å². The Bertz CT molecular complexity index is 274. The Morgan fingerprint density at radius 2 is 1.94 bits per heavy atom. The van der Waals surface area contributed by atoms with E-state index in [1.54, 1.807) is 0 Å². The summed E-state index contributed by atoms with van der Waals surface area (Å²) in [5.41, 5.74) is 1.44. The molecule has 1 aromatic rings. The highest BCUT2D eigenvalue weighted by atomic mass is 32.2. The van der Waals surface area contributed by atoms with Crippen molar-refractivity contribution < 1.29 is 0 Å². The average Bonchev–Trinajstić information content (AvgIpc) is 2.38. The van der Waals surface area contributed by atoms with E-state index < -0.39 is 0 Å². The Morgan fingerprint density at radius 1 is 1.18 bits per heavy atom. The molecule has 96 valence electrons.